The molecule has 0 radical (unpaired) electrons. The lowest BCUT2D eigenvalue weighted by molar-refractivity contribution is -0.171. The molecule has 0 fully saturated rings. The zero-order valence-corrected chi connectivity index (χ0v) is 15.8. The van der Waals surface area contributed by atoms with Crippen LogP contribution in [0.25, 0.3) is 0 Å². The largest absolute Gasteiger partial charge is 0.463 e. The van der Waals surface area contributed by atoms with Crippen LogP contribution in [0.5, 0.6) is 0 Å². The Labute approximate surface area is 150 Å². The second-order valence-electron chi connectivity index (χ2n) is 6.90. The quantitative estimate of drug-likeness (QED) is 0.693. The molecule has 1 aromatic rings. The summed E-state index contributed by atoms with van der Waals surface area (Å²) < 4.78 is 10.2. The fourth-order valence-electron chi connectivity index (χ4n) is 2.47. The molecule has 140 valence electrons. The van der Waals surface area contributed by atoms with Gasteiger partial charge in [0.2, 0.25) is 0 Å². The minimum absolute atomic E-state index is 0.305. The van der Waals surface area contributed by atoms with E-state index in [2.05, 4.69) is 0 Å². The van der Waals surface area contributed by atoms with Crippen molar-refractivity contribution in [3.05, 3.63) is 35.4 Å². The Bertz CT molecular complexity index is 548. The Morgan fingerprint density at radius 2 is 1.48 bits per heavy atom. The molecule has 0 amide bonds. The van der Waals surface area contributed by atoms with Crippen LogP contribution in [0.4, 0.5) is 0 Å². The highest BCUT2D eigenvalue weighted by atomic mass is 16.6. The van der Waals surface area contributed by atoms with Crippen molar-refractivity contribution in [2.24, 2.45) is 5.92 Å². The third-order valence-electron chi connectivity index (χ3n) is 3.73. The fraction of sp³-hybridized carbons (Fsp3) is 0.600. The summed E-state index contributed by atoms with van der Waals surface area (Å²) in [6.45, 7) is 8.89. The number of ether oxygens (including phenoxy) is 2. The predicted octanol–water partition coefficient (Wildman–Crippen LogP) is 3.20. The lowest BCUT2D eigenvalue weighted by atomic mass is 9.94. The predicted molar refractivity (Wildman–Crippen MR) is 96.1 cm³/mol. The van der Waals surface area contributed by atoms with Crippen LogP contribution in [0.15, 0.2) is 24.3 Å². The van der Waals surface area contributed by atoms with Crippen molar-refractivity contribution in [1.29, 1.82) is 0 Å². The molecule has 5 heteroatoms. The van der Waals surface area contributed by atoms with E-state index < -0.39 is 24.0 Å². The monoisotopic (exact) mass is 350 g/mol. The number of aryl methyl sites for hydroxylation is 2. The summed E-state index contributed by atoms with van der Waals surface area (Å²) in [4.78, 5) is 24.3. The third-order valence-corrected chi connectivity index (χ3v) is 3.73. The highest BCUT2D eigenvalue weighted by molar-refractivity contribution is 5.83. The number of carbonyl (C=O) groups excluding carboxylic acids is 2. The van der Waals surface area contributed by atoms with Crippen LogP contribution in [-0.2, 0) is 25.5 Å². The third kappa shape index (κ3) is 7.69. The Balaban J connectivity index is 2.71. The van der Waals surface area contributed by atoms with E-state index in [0.717, 1.165) is 12.0 Å². The number of benzene rings is 1. The number of carbonyl (C=O) groups is 2. The molecular formula is C20H30O5. The summed E-state index contributed by atoms with van der Waals surface area (Å²) in [5.41, 5.74) is 2.34. The van der Waals surface area contributed by atoms with Gasteiger partial charge in [-0.2, -0.15) is 0 Å². The zero-order valence-electron chi connectivity index (χ0n) is 15.8. The van der Waals surface area contributed by atoms with Gasteiger partial charge in [0.15, 0.2) is 6.10 Å². The Hall–Kier alpha value is -1.88. The van der Waals surface area contributed by atoms with Crippen molar-refractivity contribution in [2.45, 2.75) is 72.2 Å². The average Bonchev–Trinajstić information content (AvgIpc) is 2.51. The van der Waals surface area contributed by atoms with Crippen LogP contribution < -0.4 is 0 Å². The molecule has 0 aliphatic heterocycles. The van der Waals surface area contributed by atoms with Gasteiger partial charge >= 0.3 is 11.9 Å². The first-order valence-electron chi connectivity index (χ1n) is 8.85. The SMILES string of the molecule is Cc1ccc(CCC[C@@H](C(=O)OC(C)C)[C@H](O)C(=O)OC(C)C)cc1. The van der Waals surface area contributed by atoms with Crippen LogP contribution in [-0.4, -0.2) is 35.4 Å². The minimum Gasteiger partial charge on any atom is -0.463 e. The van der Waals surface area contributed by atoms with E-state index in [1.165, 1.54) is 5.56 Å². The average molecular weight is 350 g/mol. The summed E-state index contributed by atoms with van der Waals surface area (Å²) >= 11 is 0. The second kappa shape index (κ2) is 10.2. The Morgan fingerprint density at radius 1 is 0.960 bits per heavy atom. The number of aliphatic hydroxyl groups excluding tert-OH is 1. The first-order chi connectivity index (χ1) is 11.7. The fourth-order valence-corrected chi connectivity index (χ4v) is 2.47. The summed E-state index contributed by atoms with van der Waals surface area (Å²) in [6.07, 6.45) is -0.387. The molecule has 0 aliphatic carbocycles. The molecule has 0 bridgehead atoms. The van der Waals surface area contributed by atoms with E-state index in [4.69, 9.17) is 9.47 Å². The summed E-state index contributed by atoms with van der Waals surface area (Å²) in [5.74, 6) is -2.26. The normalized spacial score (nSPS) is 13.6. The van der Waals surface area contributed by atoms with Crippen molar-refractivity contribution in [3.8, 4) is 0 Å². The molecule has 1 N–H and O–H groups in total. The van der Waals surface area contributed by atoms with E-state index in [1.54, 1.807) is 27.7 Å². The first kappa shape index (κ1) is 21.2. The smallest absolute Gasteiger partial charge is 0.336 e. The van der Waals surface area contributed by atoms with Gasteiger partial charge in [0, 0.05) is 0 Å². The Kier molecular flexibility index (Phi) is 8.62. The summed E-state index contributed by atoms with van der Waals surface area (Å²) in [6, 6.07) is 8.16. The van der Waals surface area contributed by atoms with Crippen molar-refractivity contribution < 1.29 is 24.2 Å². The molecule has 0 spiro atoms. The van der Waals surface area contributed by atoms with Crippen LogP contribution in [0, 0.1) is 12.8 Å². The highest BCUT2D eigenvalue weighted by Crippen LogP contribution is 2.19. The standard InChI is InChI=1S/C20H30O5/c1-13(2)24-19(22)17(18(21)20(23)25-14(3)4)8-6-7-16-11-9-15(5)10-12-16/h9-14,17-18,21H,6-8H2,1-5H3/t17-,18+/m1/s1. The van der Waals surface area contributed by atoms with E-state index in [-0.39, 0.29) is 12.2 Å². The number of hydrogen-bond donors (Lipinski definition) is 1. The minimum atomic E-state index is -1.51. The number of rotatable bonds is 9. The molecule has 0 aliphatic rings. The molecule has 0 saturated carbocycles. The van der Waals surface area contributed by atoms with Crippen molar-refractivity contribution in [1.82, 2.24) is 0 Å². The van der Waals surface area contributed by atoms with E-state index in [9.17, 15) is 14.7 Å². The topological polar surface area (TPSA) is 72.8 Å². The maximum Gasteiger partial charge on any atom is 0.336 e. The van der Waals surface area contributed by atoms with Gasteiger partial charge in [-0.05, 0) is 59.4 Å². The summed E-state index contributed by atoms with van der Waals surface area (Å²) in [7, 11) is 0. The van der Waals surface area contributed by atoms with Crippen LogP contribution in [0.2, 0.25) is 0 Å². The van der Waals surface area contributed by atoms with E-state index in [0.29, 0.717) is 12.8 Å². The van der Waals surface area contributed by atoms with Crippen LogP contribution in [0.1, 0.15) is 51.7 Å². The molecule has 0 unspecified atom stereocenters. The maximum absolute atomic E-state index is 12.3. The lowest BCUT2D eigenvalue weighted by Gasteiger charge is -2.22. The first-order valence-corrected chi connectivity index (χ1v) is 8.85. The van der Waals surface area contributed by atoms with Gasteiger partial charge in [0.05, 0.1) is 18.1 Å². The van der Waals surface area contributed by atoms with Crippen LogP contribution >= 0.6 is 0 Å². The van der Waals surface area contributed by atoms with Crippen molar-refractivity contribution >= 4 is 11.9 Å². The van der Waals surface area contributed by atoms with Gasteiger partial charge in [-0.25, -0.2) is 4.79 Å². The molecule has 0 aromatic heterocycles. The molecule has 0 saturated heterocycles. The van der Waals surface area contributed by atoms with Gasteiger partial charge in [-0.3, -0.25) is 4.79 Å². The van der Waals surface area contributed by atoms with Crippen molar-refractivity contribution in [3.63, 3.8) is 0 Å². The van der Waals surface area contributed by atoms with E-state index in [1.807, 2.05) is 31.2 Å². The van der Waals surface area contributed by atoms with Gasteiger partial charge in [-0.15, -0.1) is 0 Å². The van der Waals surface area contributed by atoms with Gasteiger partial charge in [-0.1, -0.05) is 29.8 Å². The highest BCUT2D eigenvalue weighted by Gasteiger charge is 2.35. The van der Waals surface area contributed by atoms with Crippen LogP contribution in [0.3, 0.4) is 0 Å². The number of hydrogen-bond acceptors (Lipinski definition) is 5. The molecule has 0 heterocycles. The second-order valence-corrected chi connectivity index (χ2v) is 6.90. The molecule has 25 heavy (non-hydrogen) atoms. The van der Waals surface area contributed by atoms with Gasteiger partial charge < -0.3 is 14.6 Å². The molecule has 1 aromatic carbocycles. The molecular weight excluding hydrogens is 320 g/mol. The zero-order chi connectivity index (χ0) is 19.0. The lowest BCUT2D eigenvalue weighted by Crippen LogP contribution is -2.39. The Morgan fingerprint density at radius 3 is 2.00 bits per heavy atom. The summed E-state index contributed by atoms with van der Waals surface area (Å²) in [5, 5.41) is 10.3. The van der Waals surface area contributed by atoms with Crippen molar-refractivity contribution in [2.75, 3.05) is 0 Å². The molecule has 1 rings (SSSR count). The number of aliphatic hydroxyl groups is 1. The molecule has 5 nitrogen and oxygen atoms in total. The van der Waals surface area contributed by atoms with E-state index >= 15 is 0 Å². The number of esters is 2. The molecule has 2 atom stereocenters. The van der Waals surface area contributed by atoms with Gasteiger partial charge in [0.25, 0.3) is 0 Å². The maximum atomic E-state index is 12.3. The van der Waals surface area contributed by atoms with Gasteiger partial charge in [0.1, 0.15) is 0 Å².